The van der Waals surface area contributed by atoms with Gasteiger partial charge in [0.05, 0.1) is 0 Å². The van der Waals surface area contributed by atoms with Crippen LogP contribution in [-0.2, 0) is 11.3 Å². The summed E-state index contributed by atoms with van der Waals surface area (Å²) in [6.45, 7) is 8.67. The van der Waals surface area contributed by atoms with Gasteiger partial charge in [0.15, 0.2) is 0 Å². The van der Waals surface area contributed by atoms with Crippen molar-refractivity contribution >= 4 is 5.82 Å². The van der Waals surface area contributed by atoms with E-state index in [2.05, 4.69) is 32.4 Å². The lowest BCUT2D eigenvalue weighted by Crippen LogP contribution is -2.32. The zero-order chi connectivity index (χ0) is 19.6. The molecule has 1 saturated carbocycles. The summed E-state index contributed by atoms with van der Waals surface area (Å²) in [6.07, 6.45) is 6.96. The van der Waals surface area contributed by atoms with Crippen LogP contribution in [0.2, 0.25) is 0 Å². The smallest absolute Gasteiger partial charge is 0.148 e. The van der Waals surface area contributed by atoms with Gasteiger partial charge in [-0.15, -0.1) is 10.2 Å². The van der Waals surface area contributed by atoms with Crippen LogP contribution >= 0.6 is 0 Å². The summed E-state index contributed by atoms with van der Waals surface area (Å²) in [5, 5.41) is 16.9. The summed E-state index contributed by atoms with van der Waals surface area (Å²) in [6, 6.07) is 6.57. The van der Waals surface area contributed by atoms with Crippen LogP contribution < -0.4 is 5.32 Å². The fourth-order valence-electron chi connectivity index (χ4n) is 5.39. The van der Waals surface area contributed by atoms with Crippen molar-refractivity contribution in [1.29, 1.82) is 0 Å². The molecule has 3 aliphatic rings. The standard InChI is InChI=1S/C22H32N6O/c1-2-28-8-5-21(26-28)20-3-4-22(25-24-20)23-19-11-17-14-27(15-18(17)12-19)13-16-6-9-29-10-7-16/h3-5,8,16-19H,2,6-7,9-15H2,1H3,(H,23,25)/t17-,18+,19?. The molecule has 1 unspecified atom stereocenters. The van der Waals surface area contributed by atoms with E-state index in [0.717, 1.165) is 54.7 Å². The summed E-state index contributed by atoms with van der Waals surface area (Å²) in [5.74, 6) is 3.39. The van der Waals surface area contributed by atoms with Crippen LogP contribution in [-0.4, -0.2) is 63.8 Å². The molecular weight excluding hydrogens is 364 g/mol. The quantitative estimate of drug-likeness (QED) is 0.810. The second-order valence-corrected chi connectivity index (χ2v) is 8.97. The second kappa shape index (κ2) is 8.40. The molecule has 3 atom stereocenters. The van der Waals surface area contributed by atoms with Crippen molar-refractivity contribution in [2.24, 2.45) is 17.8 Å². The lowest BCUT2D eigenvalue weighted by atomic mass is 10.00. The molecule has 156 valence electrons. The lowest BCUT2D eigenvalue weighted by molar-refractivity contribution is 0.0545. The fourth-order valence-corrected chi connectivity index (χ4v) is 5.39. The van der Waals surface area contributed by atoms with Crippen molar-refractivity contribution in [3.05, 3.63) is 24.4 Å². The Bertz CT molecular complexity index is 786. The maximum absolute atomic E-state index is 5.51. The molecule has 0 radical (unpaired) electrons. The minimum Gasteiger partial charge on any atom is -0.381 e. The van der Waals surface area contributed by atoms with Gasteiger partial charge in [0.25, 0.3) is 0 Å². The Balaban J connectivity index is 1.12. The molecule has 4 heterocycles. The molecule has 3 fully saturated rings. The molecule has 5 rings (SSSR count). The number of aromatic nitrogens is 4. The molecule has 1 N–H and O–H groups in total. The summed E-state index contributed by atoms with van der Waals surface area (Å²) in [4.78, 5) is 2.71. The van der Waals surface area contributed by atoms with Gasteiger partial charge in [0, 0.05) is 51.6 Å². The topological polar surface area (TPSA) is 68.1 Å². The van der Waals surface area contributed by atoms with Gasteiger partial charge in [-0.25, -0.2) is 0 Å². The number of nitrogens with one attached hydrogen (secondary N) is 1. The number of hydrogen-bond donors (Lipinski definition) is 1. The number of ether oxygens (including phenoxy) is 1. The lowest BCUT2D eigenvalue weighted by Gasteiger charge is -2.27. The Kier molecular flexibility index (Phi) is 5.50. The highest BCUT2D eigenvalue weighted by molar-refractivity contribution is 5.54. The highest BCUT2D eigenvalue weighted by Crippen LogP contribution is 2.39. The van der Waals surface area contributed by atoms with Crippen LogP contribution in [0.5, 0.6) is 0 Å². The first-order chi connectivity index (χ1) is 14.3. The van der Waals surface area contributed by atoms with Gasteiger partial charge in [0.2, 0.25) is 0 Å². The van der Waals surface area contributed by atoms with E-state index in [4.69, 9.17) is 4.74 Å². The molecule has 29 heavy (non-hydrogen) atoms. The minimum absolute atomic E-state index is 0.523. The van der Waals surface area contributed by atoms with Crippen LogP contribution in [0.4, 0.5) is 5.82 Å². The van der Waals surface area contributed by atoms with E-state index in [1.807, 2.05) is 29.1 Å². The third-order valence-corrected chi connectivity index (χ3v) is 6.93. The first-order valence-corrected chi connectivity index (χ1v) is 11.2. The molecule has 0 aromatic carbocycles. The summed E-state index contributed by atoms with van der Waals surface area (Å²) < 4.78 is 7.41. The van der Waals surface area contributed by atoms with E-state index in [9.17, 15) is 0 Å². The molecule has 1 aliphatic carbocycles. The largest absolute Gasteiger partial charge is 0.381 e. The van der Waals surface area contributed by atoms with Gasteiger partial charge in [0.1, 0.15) is 17.2 Å². The Labute approximate surface area is 172 Å². The molecule has 2 aromatic heterocycles. The predicted molar refractivity (Wildman–Crippen MR) is 113 cm³/mol. The number of hydrogen-bond acceptors (Lipinski definition) is 6. The summed E-state index contributed by atoms with van der Waals surface area (Å²) >= 11 is 0. The van der Waals surface area contributed by atoms with Gasteiger partial charge in [-0.2, -0.15) is 5.10 Å². The number of rotatable bonds is 6. The average molecular weight is 397 g/mol. The zero-order valence-electron chi connectivity index (χ0n) is 17.3. The van der Waals surface area contributed by atoms with E-state index in [0.29, 0.717) is 6.04 Å². The van der Waals surface area contributed by atoms with Gasteiger partial charge in [-0.05, 0) is 68.6 Å². The minimum atomic E-state index is 0.523. The van der Waals surface area contributed by atoms with Gasteiger partial charge in [-0.3, -0.25) is 4.68 Å². The maximum Gasteiger partial charge on any atom is 0.148 e. The first kappa shape index (κ1) is 19.0. The summed E-state index contributed by atoms with van der Waals surface area (Å²) in [5.41, 5.74) is 1.71. The normalized spacial score (nSPS) is 28.0. The van der Waals surface area contributed by atoms with Gasteiger partial charge in [-0.1, -0.05) is 0 Å². The molecular formula is C22H32N6O. The van der Waals surface area contributed by atoms with Crippen LogP contribution in [0.3, 0.4) is 0 Å². The fraction of sp³-hybridized carbons (Fsp3) is 0.682. The average Bonchev–Trinajstić information content (AvgIpc) is 3.44. The summed E-state index contributed by atoms with van der Waals surface area (Å²) in [7, 11) is 0. The Morgan fingerprint density at radius 2 is 1.83 bits per heavy atom. The van der Waals surface area contributed by atoms with E-state index in [1.54, 1.807) is 0 Å². The number of nitrogens with zero attached hydrogens (tertiary/aromatic N) is 5. The van der Waals surface area contributed by atoms with Crippen LogP contribution in [0.25, 0.3) is 11.4 Å². The van der Waals surface area contributed by atoms with E-state index in [-0.39, 0.29) is 0 Å². The molecule has 2 saturated heterocycles. The van der Waals surface area contributed by atoms with Crippen molar-refractivity contribution in [3.63, 3.8) is 0 Å². The molecule has 2 aliphatic heterocycles. The van der Waals surface area contributed by atoms with E-state index >= 15 is 0 Å². The highest BCUT2D eigenvalue weighted by atomic mass is 16.5. The molecule has 0 amide bonds. The van der Waals surface area contributed by atoms with Gasteiger partial charge >= 0.3 is 0 Å². The molecule has 7 heteroatoms. The van der Waals surface area contributed by atoms with E-state index < -0.39 is 0 Å². The number of anilines is 1. The first-order valence-electron chi connectivity index (χ1n) is 11.2. The maximum atomic E-state index is 5.51. The van der Waals surface area contributed by atoms with Crippen molar-refractivity contribution in [1.82, 2.24) is 24.9 Å². The predicted octanol–water partition coefficient (Wildman–Crippen LogP) is 2.91. The highest BCUT2D eigenvalue weighted by Gasteiger charge is 2.41. The van der Waals surface area contributed by atoms with Crippen LogP contribution in [0.15, 0.2) is 24.4 Å². The third-order valence-electron chi connectivity index (χ3n) is 6.93. The molecule has 7 nitrogen and oxygen atoms in total. The van der Waals surface area contributed by atoms with Crippen LogP contribution in [0.1, 0.15) is 32.6 Å². The number of fused-ring (bicyclic) bond motifs is 1. The SMILES string of the molecule is CCn1ccc(-c2ccc(NC3C[C@@H]4CN(CC5CCOCC5)C[C@@H]4C3)nn2)n1. The molecule has 0 bridgehead atoms. The molecule has 2 aromatic rings. The van der Waals surface area contributed by atoms with E-state index in [1.165, 1.54) is 45.3 Å². The van der Waals surface area contributed by atoms with Gasteiger partial charge < -0.3 is 15.0 Å². The second-order valence-electron chi connectivity index (χ2n) is 8.97. The molecule has 0 spiro atoms. The Morgan fingerprint density at radius 1 is 1.03 bits per heavy atom. The number of aryl methyl sites for hydroxylation is 1. The van der Waals surface area contributed by atoms with Crippen LogP contribution in [0, 0.1) is 17.8 Å². The monoisotopic (exact) mass is 396 g/mol. The zero-order valence-corrected chi connectivity index (χ0v) is 17.3. The van der Waals surface area contributed by atoms with Crippen molar-refractivity contribution < 1.29 is 4.74 Å². The Morgan fingerprint density at radius 3 is 2.48 bits per heavy atom. The van der Waals surface area contributed by atoms with Crippen molar-refractivity contribution in [3.8, 4) is 11.4 Å². The number of likely N-dealkylation sites (tertiary alicyclic amines) is 1. The van der Waals surface area contributed by atoms with Crippen molar-refractivity contribution in [2.45, 2.75) is 45.2 Å². The Hall–Kier alpha value is -1.99. The van der Waals surface area contributed by atoms with Crippen molar-refractivity contribution in [2.75, 3.05) is 38.2 Å². The third kappa shape index (κ3) is 4.31.